The van der Waals surface area contributed by atoms with Crippen LogP contribution in [-0.2, 0) is 19.1 Å². The van der Waals surface area contributed by atoms with Crippen LogP contribution < -0.4 is 4.90 Å². The Morgan fingerprint density at radius 1 is 1.18 bits per heavy atom. The van der Waals surface area contributed by atoms with Gasteiger partial charge in [-0.05, 0) is 59.1 Å². The summed E-state index contributed by atoms with van der Waals surface area (Å²) in [7, 11) is 0. The number of carbonyl (C=O) groups excluding carboxylic acids is 3. The van der Waals surface area contributed by atoms with E-state index in [2.05, 4.69) is 13.2 Å². The third-order valence-corrected chi connectivity index (χ3v) is 9.02. The van der Waals surface area contributed by atoms with E-state index in [-0.39, 0.29) is 36.8 Å². The fourth-order valence-corrected chi connectivity index (χ4v) is 7.09. The summed E-state index contributed by atoms with van der Waals surface area (Å²) in [6, 6.07) is 7.73. The highest BCUT2D eigenvalue weighted by molar-refractivity contribution is 6.03. The Bertz CT molecular complexity index is 1150. The molecule has 0 aromatic heterocycles. The molecule has 0 radical (unpaired) electrons. The van der Waals surface area contributed by atoms with E-state index in [4.69, 9.17) is 4.74 Å². The average molecular weight is 538 g/mol. The lowest BCUT2D eigenvalue weighted by Gasteiger charge is -2.43. The SMILES string of the molecule is C=CCN(C(=O)[C@@H]1[C@H]2C(=O)N([C@H](C)CO)C(C(=O)N(CC=C)C(C)(C)C)C23CC(C)[C@@]1(C)O3)c1ccccc1. The van der Waals surface area contributed by atoms with Crippen molar-refractivity contribution in [3.05, 3.63) is 55.6 Å². The number of para-hydroxylation sites is 1. The number of nitrogens with zero attached hydrogens (tertiary/aromatic N) is 3. The summed E-state index contributed by atoms with van der Waals surface area (Å²) in [5.74, 6) is -2.53. The van der Waals surface area contributed by atoms with E-state index < -0.39 is 40.7 Å². The quantitative estimate of drug-likeness (QED) is 0.488. The Morgan fingerprint density at radius 2 is 1.79 bits per heavy atom. The van der Waals surface area contributed by atoms with Crippen LogP contribution in [0.25, 0.3) is 0 Å². The maximum absolute atomic E-state index is 14.4. The van der Waals surface area contributed by atoms with Crippen molar-refractivity contribution in [1.29, 1.82) is 0 Å². The molecule has 212 valence electrons. The van der Waals surface area contributed by atoms with Crippen molar-refractivity contribution < 1.29 is 24.2 Å². The molecule has 8 heteroatoms. The number of ether oxygens (including phenoxy) is 1. The monoisotopic (exact) mass is 537 g/mol. The van der Waals surface area contributed by atoms with Crippen molar-refractivity contribution in [3.8, 4) is 0 Å². The second kappa shape index (κ2) is 10.2. The number of rotatable bonds is 9. The summed E-state index contributed by atoms with van der Waals surface area (Å²) in [4.78, 5) is 48.1. The highest BCUT2D eigenvalue weighted by atomic mass is 16.5. The lowest BCUT2D eigenvalue weighted by Crippen LogP contribution is -2.61. The van der Waals surface area contributed by atoms with Gasteiger partial charge in [0, 0.05) is 24.3 Å². The summed E-state index contributed by atoms with van der Waals surface area (Å²) in [6.07, 6.45) is 3.80. The molecule has 3 saturated heterocycles. The minimum atomic E-state index is -1.19. The zero-order chi connectivity index (χ0) is 28.9. The van der Waals surface area contributed by atoms with Crippen molar-refractivity contribution in [2.75, 3.05) is 24.6 Å². The van der Waals surface area contributed by atoms with Crippen LogP contribution in [0.1, 0.15) is 48.0 Å². The van der Waals surface area contributed by atoms with Crippen molar-refractivity contribution >= 4 is 23.4 Å². The van der Waals surface area contributed by atoms with E-state index >= 15 is 0 Å². The van der Waals surface area contributed by atoms with Gasteiger partial charge in [-0.2, -0.15) is 0 Å². The molecule has 1 aromatic carbocycles. The summed E-state index contributed by atoms with van der Waals surface area (Å²) in [5.41, 5.74) is -1.97. The second-order valence-electron chi connectivity index (χ2n) is 12.5. The number of aliphatic hydroxyl groups is 1. The van der Waals surface area contributed by atoms with Crippen LogP contribution >= 0.6 is 0 Å². The van der Waals surface area contributed by atoms with E-state index in [1.807, 2.05) is 65.0 Å². The summed E-state index contributed by atoms with van der Waals surface area (Å²) >= 11 is 0. The number of fused-ring (bicyclic) bond motifs is 1. The van der Waals surface area contributed by atoms with Gasteiger partial charge in [-0.15, -0.1) is 13.2 Å². The Hall–Kier alpha value is -2.97. The zero-order valence-corrected chi connectivity index (χ0v) is 24.1. The summed E-state index contributed by atoms with van der Waals surface area (Å²) in [6.45, 7) is 19.4. The van der Waals surface area contributed by atoms with Crippen LogP contribution in [0.5, 0.6) is 0 Å². The lowest BCUT2D eigenvalue weighted by atomic mass is 9.62. The molecule has 8 nitrogen and oxygen atoms in total. The molecular weight excluding hydrogens is 494 g/mol. The topological polar surface area (TPSA) is 90.4 Å². The van der Waals surface area contributed by atoms with E-state index in [9.17, 15) is 19.5 Å². The molecule has 7 atom stereocenters. The molecule has 4 rings (SSSR count). The largest absolute Gasteiger partial charge is 0.394 e. The van der Waals surface area contributed by atoms with Crippen molar-refractivity contribution in [2.45, 2.75) is 76.8 Å². The van der Waals surface area contributed by atoms with Crippen LogP contribution in [0.2, 0.25) is 0 Å². The first-order valence-electron chi connectivity index (χ1n) is 13.8. The molecule has 3 aliphatic rings. The van der Waals surface area contributed by atoms with Crippen LogP contribution in [0.3, 0.4) is 0 Å². The molecule has 0 saturated carbocycles. The molecule has 3 fully saturated rings. The van der Waals surface area contributed by atoms with Gasteiger partial charge < -0.3 is 24.5 Å². The van der Waals surface area contributed by atoms with Crippen LogP contribution in [0.4, 0.5) is 5.69 Å². The number of benzene rings is 1. The number of hydrogen-bond donors (Lipinski definition) is 1. The molecule has 3 aliphatic heterocycles. The summed E-state index contributed by atoms with van der Waals surface area (Å²) < 4.78 is 6.86. The van der Waals surface area contributed by atoms with Gasteiger partial charge in [0.25, 0.3) is 0 Å². The van der Waals surface area contributed by atoms with E-state index in [0.29, 0.717) is 18.7 Å². The molecular formula is C31H43N3O5. The van der Waals surface area contributed by atoms with Crippen molar-refractivity contribution in [2.24, 2.45) is 17.8 Å². The molecule has 1 aromatic rings. The van der Waals surface area contributed by atoms with Crippen LogP contribution in [0, 0.1) is 17.8 Å². The number of anilines is 1. The predicted molar refractivity (Wildman–Crippen MR) is 151 cm³/mol. The number of hydrogen-bond acceptors (Lipinski definition) is 5. The summed E-state index contributed by atoms with van der Waals surface area (Å²) in [5, 5.41) is 10.2. The highest BCUT2D eigenvalue weighted by Crippen LogP contribution is 2.66. The first-order valence-corrected chi connectivity index (χ1v) is 13.8. The smallest absolute Gasteiger partial charge is 0.249 e. The number of aliphatic hydroxyl groups excluding tert-OH is 1. The van der Waals surface area contributed by atoms with Gasteiger partial charge in [0.15, 0.2) is 0 Å². The third-order valence-electron chi connectivity index (χ3n) is 9.02. The van der Waals surface area contributed by atoms with E-state index in [0.717, 1.165) is 0 Å². The normalized spacial score (nSPS) is 32.1. The minimum Gasteiger partial charge on any atom is -0.394 e. The number of amides is 3. The molecule has 0 aliphatic carbocycles. The molecule has 1 N–H and O–H groups in total. The standard InChI is InChI=1S/C31H43N3O5/c1-9-16-32(22-14-12-11-13-15-22)26(36)23-24-27(37)34(21(4)19-35)25(28(38)33(17-10-2)29(5,6)7)31(24)18-20(3)30(23,8)39-31/h9-15,20-21,23-25,35H,1-2,16-19H2,3-8H3/t20?,21-,23+,24+,25?,30-,31?/m1/s1. The molecule has 3 amide bonds. The molecule has 39 heavy (non-hydrogen) atoms. The zero-order valence-electron chi connectivity index (χ0n) is 24.1. The van der Waals surface area contributed by atoms with Gasteiger partial charge in [0.2, 0.25) is 17.7 Å². The van der Waals surface area contributed by atoms with Gasteiger partial charge in [0.1, 0.15) is 11.6 Å². The Kier molecular flexibility index (Phi) is 7.60. The third kappa shape index (κ3) is 4.32. The van der Waals surface area contributed by atoms with Crippen molar-refractivity contribution in [1.82, 2.24) is 9.80 Å². The Balaban J connectivity index is 1.87. The predicted octanol–water partition coefficient (Wildman–Crippen LogP) is 3.41. The maximum Gasteiger partial charge on any atom is 0.249 e. The van der Waals surface area contributed by atoms with Gasteiger partial charge in [-0.3, -0.25) is 14.4 Å². The van der Waals surface area contributed by atoms with E-state index in [1.54, 1.807) is 28.9 Å². The van der Waals surface area contributed by atoms with Gasteiger partial charge in [0.05, 0.1) is 30.1 Å². The Labute approximate surface area is 232 Å². The fraction of sp³-hybridized carbons (Fsp3) is 0.581. The lowest BCUT2D eigenvalue weighted by molar-refractivity contribution is -0.158. The van der Waals surface area contributed by atoms with Crippen LogP contribution in [-0.4, -0.2) is 81.1 Å². The maximum atomic E-state index is 14.4. The molecule has 1 spiro atoms. The van der Waals surface area contributed by atoms with Gasteiger partial charge >= 0.3 is 0 Å². The Morgan fingerprint density at radius 3 is 2.33 bits per heavy atom. The molecule has 2 bridgehead atoms. The van der Waals surface area contributed by atoms with Crippen LogP contribution in [0.15, 0.2) is 55.6 Å². The second-order valence-corrected chi connectivity index (χ2v) is 12.5. The first kappa shape index (κ1) is 29.0. The van der Waals surface area contributed by atoms with Gasteiger partial charge in [-0.1, -0.05) is 37.3 Å². The van der Waals surface area contributed by atoms with E-state index in [1.165, 1.54) is 4.90 Å². The first-order chi connectivity index (χ1) is 18.3. The molecule has 3 heterocycles. The van der Waals surface area contributed by atoms with Gasteiger partial charge in [-0.25, -0.2) is 0 Å². The van der Waals surface area contributed by atoms with Crippen molar-refractivity contribution in [3.63, 3.8) is 0 Å². The average Bonchev–Trinajstić information content (AvgIpc) is 3.41. The number of likely N-dealkylation sites (tertiary alicyclic amines) is 1. The number of carbonyl (C=O) groups is 3. The highest BCUT2D eigenvalue weighted by Gasteiger charge is 2.80. The molecule has 3 unspecified atom stereocenters. The minimum absolute atomic E-state index is 0.0842. The fourth-order valence-electron chi connectivity index (χ4n) is 7.09.